The van der Waals surface area contributed by atoms with Crippen molar-refractivity contribution in [1.82, 2.24) is 19.5 Å². The molecule has 1 aliphatic heterocycles. The lowest BCUT2D eigenvalue weighted by Crippen LogP contribution is -2.32. The number of fused-ring (bicyclic) bond motifs is 1. The Kier molecular flexibility index (Phi) is 8.69. The van der Waals surface area contributed by atoms with Crippen LogP contribution in [0.4, 0.5) is 11.5 Å². The molecule has 1 aliphatic carbocycles. The van der Waals surface area contributed by atoms with Crippen LogP contribution in [0.3, 0.4) is 0 Å². The number of hydrogen-bond acceptors (Lipinski definition) is 9. The fraction of sp³-hybridized carbons (Fsp3) is 0.542. The molecule has 2 aromatic heterocycles. The number of ether oxygens (including phenoxy) is 1. The highest BCUT2D eigenvalue weighted by Crippen LogP contribution is 2.55. The number of imidazole rings is 1. The summed E-state index contributed by atoms with van der Waals surface area (Å²) in [6.45, 7) is 0. The van der Waals surface area contributed by atoms with Gasteiger partial charge in [0.25, 0.3) is 0 Å². The van der Waals surface area contributed by atoms with E-state index in [1.165, 1.54) is 48.6 Å². The van der Waals surface area contributed by atoms with E-state index >= 15 is 0 Å². The van der Waals surface area contributed by atoms with E-state index in [9.17, 15) is 24.2 Å². The van der Waals surface area contributed by atoms with Crippen molar-refractivity contribution in [2.45, 2.75) is 69.0 Å². The summed E-state index contributed by atoms with van der Waals surface area (Å²) < 4.78 is 30.5. The van der Waals surface area contributed by atoms with Crippen molar-refractivity contribution in [2.24, 2.45) is 0 Å². The molecule has 16 heteroatoms. The third kappa shape index (κ3) is 6.75. The first-order valence-corrected chi connectivity index (χ1v) is 17.2. The van der Waals surface area contributed by atoms with Crippen LogP contribution in [0.15, 0.2) is 30.6 Å². The molecule has 2 fully saturated rings. The Labute approximate surface area is 235 Å². The Morgan fingerprint density at radius 2 is 1.73 bits per heavy atom. The third-order valence-corrected chi connectivity index (χ3v) is 11.8. The predicted molar refractivity (Wildman–Crippen MR) is 148 cm³/mol. The van der Waals surface area contributed by atoms with Gasteiger partial charge in [-0.1, -0.05) is 31.4 Å². The molecule has 3 heterocycles. The Morgan fingerprint density at radius 1 is 1.02 bits per heavy atom. The van der Waals surface area contributed by atoms with E-state index in [1.54, 1.807) is 0 Å². The van der Waals surface area contributed by atoms with Gasteiger partial charge in [0, 0.05) is 11.8 Å². The number of halogens is 1. The van der Waals surface area contributed by atoms with E-state index in [0.29, 0.717) is 17.3 Å². The largest absolute Gasteiger partial charge is 0.388 e. The van der Waals surface area contributed by atoms with Crippen molar-refractivity contribution in [3.63, 3.8) is 0 Å². The molecule has 6 N–H and O–H groups in total. The minimum Gasteiger partial charge on any atom is -0.388 e. The van der Waals surface area contributed by atoms with Crippen LogP contribution in [0.5, 0.6) is 0 Å². The van der Waals surface area contributed by atoms with Crippen LogP contribution in [-0.4, -0.2) is 74.8 Å². The van der Waals surface area contributed by atoms with E-state index in [-0.39, 0.29) is 17.4 Å². The van der Waals surface area contributed by atoms with Gasteiger partial charge < -0.3 is 34.9 Å². The molecule has 218 valence electrons. The summed E-state index contributed by atoms with van der Waals surface area (Å²) >= 11 is 6.22. The lowest BCUT2D eigenvalue weighted by Gasteiger charge is -2.22. The van der Waals surface area contributed by atoms with Gasteiger partial charge in [0.15, 0.2) is 23.2 Å². The highest BCUT2D eigenvalue weighted by atomic mass is 35.5. The maximum absolute atomic E-state index is 12.2. The summed E-state index contributed by atoms with van der Waals surface area (Å²) in [6.07, 6.45) is 1.72. The highest BCUT2D eigenvalue weighted by Gasteiger charge is 2.45. The number of nitrogens with one attached hydrogen (secondary N) is 1. The predicted octanol–water partition coefficient (Wildman–Crippen LogP) is 3.69. The molecule has 5 atom stereocenters. The first-order chi connectivity index (χ1) is 18.9. The second-order valence-electron chi connectivity index (χ2n) is 10.5. The summed E-state index contributed by atoms with van der Waals surface area (Å²) in [5.41, 5.74) is 2.66. The van der Waals surface area contributed by atoms with Gasteiger partial charge >= 0.3 is 7.60 Å². The molecule has 3 unspecified atom stereocenters. The lowest BCUT2D eigenvalue weighted by molar-refractivity contribution is -0.0354. The molecule has 0 bridgehead atoms. The van der Waals surface area contributed by atoms with E-state index in [0.717, 1.165) is 5.69 Å². The standard InChI is InChI=1S/C24H32ClN5O8P2/c25-24-28-21(27-16-8-6-15(7-9-16)14-4-2-1-3-5-14)18-22(29-24)30(12-26-18)23-20(32)19(31)17(38-23)10-11-39(33,34)13-40(35,36)37/h6-9,12,14,17,19-20,23,31-32H,1-5,10-11,13H2,(H,33,34)(H,27,28,29)(H2,35,36,37)/t17-,19?,20?,23-/m1/s1. The second kappa shape index (κ2) is 11.8. The van der Waals surface area contributed by atoms with Crippen molar-refractivity contribution in [3.8, 4) is 0 Å². The smallest absolute Gasteiger partial charge is 0.335 e. The fourth-order valence-electron chi connectivity index (χ4n) is 5.46. The summed E-state index contributed by atoms with van der Waals surface area (Å²) in [5, 5.41) is 24.4. The Morgan fingerprint density at radius 3 is 2.40 bits per heavy atom. The maximum atomic E-state index is 12.2. The van der Waals surface area contributed by atoms with Crippen LogP contribution >= 0.6 is 26.6 Å². The second-order valence-corrected chi connectivity index (χ2v) is 15.4. The molecule has 2 aliphatic rings. The number of rotatable bonds is 9. The number of benzene rings is 1. The van der Waals surface area contributed by atoms with Crippen molar-refractivity contribution in [2.75, 3.05) is 17.4 Å². The third-order valence-electron chi connectivity index (χ3n) is 7.42. The Hall–Kier alpha value is -1.92. The Bertz CT molecular complexity index is 1450. The number of aliphatic hydroxyl groups excluding tert-OH is 2. The van der Waals surface area contributed by atoms with Crippen molar-refractivity contribution in [1.29, 1.82) is 0 Å². The van der Waals surface area contributed by atoms with E-state index < -0.39 is 51.6 Å². The first kappa shape index (κ1) is 29.6. The zero-order valence-corrected chi connectivity index (χ0v) is 24.0. The van der Waals surface area contributed by atoms with Crippen LogP contribution in [0, 0.1) is 0 Å². The first-order valence-electron chi connectivity index (χ1n) is 13.0. The fourth-order valence-corrected chi connectivity index (χ4v) is 9.15. The van der Waals surface area contributed by atoms with Crippen LogP contribution in [0.25, 0.3) is 11.2 Å². The topological polar surface area (TPSA) is 200 Å². The maximum Gasteiger partial charge on any atom is 0.335 e. The molecule has 0 radical (unpaired) electrons. The zero-order valence-electron chi connectivity index (χ0n) is 21.5. The minimum absolute atomic E-state index is 0.0844. The molecule has 0 amide bonds. The summed E-state index contributed by atoms with van der Waals surface area (Å²) in [6, 6.07) is 8.15. The average molecular weight is 616 g/mol. The molecular weight excluding hydrogens is 584 g/mol. The van der Waals surface area contributed by atoms with Crippen LogP contribution in [-0.2, 0) is 13.9 Å². The molecule has 3 aromatic rings. The number of aliphatic hydroxyl groups is 2. The number of anilines is 2. The quantitative estimate of drug-likeness (QED) is 0.151. The van der Waals surface area contributed by atoms with Crippen molar-refractivity contribution < 1.29 is 38.8 Å². The lowest BCUT2D eigenvalue weighted by atomic mass is 9.84. The van der Waals surface area contributed by atoms with Crippen LogP contribution < -0.4 is 5.32 Å². The van der Waals surface area contributed by atoms with Crippen LogP contribution in [0.2, 0.25) is 5.28 Å². The summed E-state index contributed by atoms with van der Waals surface area (Å²) in [5.74, 6) is -0.261. The monoisotopic (exact) mass is 615 g/mol. The zero-order chi connectivity index (χ0) is 28.7. The molecular formula is C24H32ClN5O8P2. The van der Waals surface area contributed by atoms with Gasteiger partial charge in [-0.25, -0.2) is 4.98 Å². The summed E-state index contributed by atoms with van der Waals surface area (Å²) in [7, 11) is -8.90. The van der Waals surface area contributed by atoms with Gasteiger partial charge in [0.05, 0.1) is 12.4 Å². The minimum atomic E-state index is -4.71. The molecule has 13 nitrogen and oxygen atoms in total. The average Bonchev–Trinajstić information content (AvgIpc) is 3.43. The normalized spacial score (nSPS) is 25.8. The number of nitrogens with zero attached hydrogens (tertiary/aromatic N) is 4. The van der Waals surface area contributed by atoms with Gasteiger partial charge in [-0.3, -0.25) is 13.7 Å². The molecule has 1 saturated heterocycles. The molecule has 1 aromatic carbocycles. The number of hydrogen-bond donors (Lipinski definition) is 6. The van der Waals surface area contributed by atoms with E-state index in [1.807, 2.05) is 12.1 Å². The van der Waals surface area contributed by atoms with Gasteiger partial charge in [-0.15, -0.1) is 0 Å². The van der Waals surface area contributed by atoms with E-state index in [2.05, 4.69) is 32.4 Å². The molecule has 40 heavy (non-hydrogen) atoms. The molecule has 0 spiro atoms. The Balaban J connectivity index is 1.33. The SMILES string of the molecule is O=P(O)(O)CP(=O)(O)CC[C@H]1O[C@@H](n2cnc3c(Nc4ccc(C5CCCCC5)cc4)nc(Cl)nc32)C(O)C1O. The molecule has 5 rings (SSSR count). The number of aromatic nitrogens is 4. The van der Waals surface area contributed by atoms with Gasteiger partial charge in [-0.05, 0) is 54.5 Å². The van der Waals surface area contributed by atoms with Gasteiger partial charge in [0.2, 0.25) is 12.7 Å². The highest BCUT2D eigenvalue weighted by molar-refractivity contribution is 7.72. The van der Waals surface area contributed by atoms with Crippen molar-refractivity contribution >= 4 is 49.2 Å². The molecule has 1 saturated carbocycles. The van der Waals surface area contributed by atoms with E-state index in [4.69, 9.17) is 26.1 Å². The van der Waals surface area contributed by atoms with Gasteiger partial charge in [-0.2, -0.15) is 9.97 Å². The van der Waals surface area contributed by atoms with Gasteiger partial charge in [0.1, 0.15) is 18.1 Å². The van der Waals surface area contributed by atoms with Crippen LogP contribution in [0.1, 0.15) is 56.2 Å². The van der Waals surface area contributed by atoms with Crippen molar-refractivity contribution in [3.05, 3.63) is 41.4 Å². The summed E-state index contributed by atoms with van der Waals surface area (Å²) in [4.78, 5) is 40.9.